The molecule has 0 aliphatic heterocycles. The Morgan fingerprint density at radius 1 is 1.25 bits per heavy atom. The Hall–Kier alpha value is -2.34. The Kier molecular flexibility index (Phi) is 2.57. The van der Waals surface area contributed by atoms with Crippen LogP contribution in [0.1, 0.15) is 11.1 Å². The first-order valence-corrected chi connectivity index (χ1v) is 4.82. The van der Waals surface area contributed by atoms with Crippen LogP contribution in [-0.2, 0) is 0 Å². The topological polar surface area (TPSA) is 54.0 Å². The van der Waals surface area contributed by atoms with Crippen molar-refractivity contribution >= 4 is 0 Å². The highest BCUT2D eigenvalue weighted by atomic mass is 16.4. The lowest BCUT2D eigenvalue weighted by atomic mass is 10.1. The van der Waals surface area contributed by atoms with Crippen LogP contribution < -0.4 is 5.63 Å². The lowest BCUT2D eigenvalue weighted by Crippen LogP contribution is -2.06. The van der Waals surface area contributed by atoms with Gasteiger partial charge in [-0.15, -0.1) is 0 Å². The Balaban J connectivity index is 2.63. The first kappa shape index (κ1) is 10.2. The van der Waals surface area contributed by atoms with Gasteiger partial charge in [0.2, 0.25) is 0 Å². The third kappa shape index (κ3) is 1.73. The van der Waals surface area contributed by atoms with Gasteiger partial charge in [-0.2, -0.15) is 5.26 Å². The smallest absolute Gasteiger partial charge is 0.354 e. The third-order valence-electron chi connectivity index (χ3n) is 2.32. The van der Waals surface area contributed by atoms with Crippen molar-refractivity contribution in [2.75, 3.05) is 0 Å². The molecule has 0 bridgehead atoms. The molecule has 0 aliphatic carbocycles. The van der Waals surface area contributed by atoms with E-state index in [1.807, 2.05) is 36.4 Å². The van der Waals surface area contributed by atoms with E-state index in [0.29, 0.717) is 11.3 Å². The van der Waals surface area contributed by atoms with Crippen molar-refractivity contribution < 1.29 is 4.42 Å². The second-order valence-electron chi connectivity index (χ2n) is 3.43. The first-order valence-electron chi connectivity index (χ1n) is 4.82. The van der Waals surface area contributed by atoms with Crippen LogP contribution in [0.15, 0.2) is 45.6 Å². The molecule has 0 aliphatic rings. The van der Waals surface area contributed by atoms with Crippen molar-refractivity contribution in [1.82, 2.24) is 0 Å². The van der Waals surface area contributed by atoms with Gasteiger partial charge in [-0.05, 0) is 18.6 Å². The average molecular weight is 211 g/mol. The summed E-state index contributed by atoms with van der Waals surface area (Å²) >= 11 is 0. The molecule has 0 radical (unpaired) electrons. The molecule has 0 fully saturated rings. The number of hydrogen-bond acceptors (Lipinski definition) is 3. The van der Waals surface area contributed by atoms with Crippen molar-refractivity contribution in [1.29, 1.82) is 5.26 Å². The van der Waals surface area contributed by atoms with Crippen molar-refractivity contribution in [2.24, 2.45) is 0 Å². The number of nitrogens with zero attached hydrogens (tertiary/aromatic N) is 1. The van der Waals surface area contributed by atoms with E-state index in [1.165, 1.54) is 0 Å². The van der Waals surface area contributed by atoms with E-state index >= 15 is 0 Å². The maximum absolute atomic E-state index is 11.5. The number of benzene rings is 1. The summed E-state index contributed by atoms with van der Waals surface area (Å²) in [7, 11) is 0. The molecule has 2 rings (SSSR count). The minimum atomic E-state index is -0.582. The van der Waals surface area contributed by atoms with E-state index in [-0.39, 0.29) is 5.56 Å². The van der Waals surface area contributed by atoms with E-state index in [2.05, 4.69) is 0 Å². The minimum absolute atomic E-state index is 0.0691. The molecule has 78 valence electrons. The van der Waals surface area contributed by atoms with Gasteiger partial charge in [0, 0.05) is 5.56 Å². The predicted molar refractivity (Wildman–Crippen MR) is 59.9 cm³/mol. The van der Waals surface area contributed by atoms with Gasteiger partial charge in [-0.1, -0.05) is 30.3 Å². The minimum Gasteiger partial charge on any atom is -0.422 e. The number of hydrogen-bond donors (Lipinski definition) is 0. The fraction of sp³-hybridized carbons (Fsp3) is 0.0769. The second-order valence-corrected chi connectivity index (χ2v) is 3.43. The molecule has 0 amide bonds. The highest BCUT2D eigenvalue weighted by molar-refractivity contribution is 5.58. The Labute approximate surface area is 92.6 Å². The van der Waals surface area contributed by atoms with Crippen LogP contribution in [0.25, 0.3) is 11.3 Å². The summed E-state index contributed by atoms with van der Waals surface area (Å²) in [5, 5.41) is 8.75. The highest BCUT2D eigenvalue weighted by Crippen LogP contribution is 2.19. The van der Waals surface area contributed by atoms with Crippen LogP contribution in [0, 0.1) is 18.3 Å². The SMILES string of the molecule is Cc1cc(-c2ccccc2)oc(=O)c1C#N. The zero-order valence-electron chi connectivity index (χ0n) is 8.73. The van der Waals surface area contributed by atoms with Crippen LogP contribution in [0.3, 0.4) is 0 Å². The zero-order valence-corrected chi connectivity index (χ0v) is 8.73. The summed E-state index contributed by atoms with van der Waals surface area (Å²) < 4.78 is 5.09. The van der Waals surface area contributed by atoms with Crippen molar-refractivity contribution in [2.45, 2.75) is 6.92 Å². The molecule has 0 N–H and O–H groups in total. The Morgan fingerprint density at radius 2 is 1.94 bits per heavy atom. The van der Waals surface area contributed by atoms with Gasteiger partial charge in [0.15, 0.2) is 0 Å². The van der Waals surface area contributed by atoms with E-state index in [0.717, 1.165) is 5.56 Å². The normalized spacial score (nSPS) is 9.75. The van der Waals surface area contributed by atoms with Crippen LogP contribution >= 0.6 is 0 Å². The summed E-state index contributed by atoms with van der Waals surface area (Å²) in [5.41, 5.74) is 0.950. The molecule has 2 aromatic rings. The van der Waals surface area contributed by atoms with E-state index in [9.17, 15) is 4.79 Å². The average Bonchev–Trinajstić information content (AvgIpc) is 2.30. The van der Waals surface area contributed by atoms with Crippen molar-refractivity contribution in [3.05, 3.63) is 57.9 Å². The maximum atomic E-state index is 11.5. The van der Waals surface area contributed by atoms with Crippen molar-refractivity contribution in [3.8, 4) is 17.4 Å². The van der Waals surface area contributed by atoms with Crippen LogP contribution in [0.2, 0.25) is 0 Å². The molecule has 0 atom stereocenters. The summed E-state index contributed by atoms with van der Waals surface area (Å²) in [6.07, 6.45) is 0. The van der Waals surface area contributed by atoms with E-state index in [1.54, 1.807) is 13.0 Å². The standard InChI is InChI=1S/C13H9NO2/c1-9-7-12(10-5-3-2-4-6-10)16-13(15)11(9)8-14/h2-7H,1H3. The molecule has 1 aromatic heterocycles. The molecule has 1 aromatic carbocycles. The predicted octanol–water partition coefficient (Wildman–Crippen LogP) is 2.49. The quantitative estimate of drug-likeness (QED) is 0.728. The first-order chi connectivity index (χ1) is 7.72. The van der Waals surface area contributed by atoms with E-state index < -0.39 is 5.63 Å². The Bertz CT molecular complexity index is 606. The molecule has 0 spiro atoms. The second kappa shape index (κ2) is 4.03. The van der Waals surface area contributed by atoms with E-state index in [4.69, 9.17) is 9.68 Å². The Morgan fingerprint density at radius 3 is 2.50 bits per heavy atom. The summed E-state index contributed by atoms with van der Waals surface area (Å²) in [5.74, 6) is 0.488. The van der Waals surface area contributed by atoms with Gasteiger partial charge in [0.05, 0.1) is 0 Å². The lowest BCUT2D eigenvalue weighted by Gasteiger charge is -2.01. The molecule has 0 unspecified atom stereocenters. The summed E-state index contributed by atoms with van der Waals surface area (Å²) in [4.78, 5) is 11.5. The largest absolute Gasteiger partial charge is 0.422 e. The van der Waals surface area contributed by atoms with Gasteiger partial charge >= 0.3 is 5.63 Å². The zero-order chi connectivity index (χ0) is 11.5. The molecule has 3 nitrogen and oxygen atoms in total. The fourth-order valence-corrected chi connectivity index (χ4v) is 1.49. The van der Waals surface area contributed by atoms with Crippen molar-refractivity contribution in [3.63, 3.8) is 0 Å². The van der Waals surface area contributed by atoms with Gasteiger partial charge in [-0.3, -0.25) is 0 Å². The van der Waals surface area contributed by atoms with Crippen LogP contribution in [0.5, 0.6) is 0 Å². The summed E-state index contributed by atoms with van der Waals surface area (Å²) in [6, 6.07) is 12.9. The lowest BCUT2D eigenvalue weighted by molar-refractivity contribution is 0.522. The van der Waals surface area contributed by atoms with Gasteiger partial charge in [0.25, 0.3) is 0 Å². The fourth-order valence-electron chi connectivity index (χ4n) is 1.49. The van der Waals surface area contributed by atoms with Crippen LogP contribution in [0.4, 0.5) is 0 Å². The molecular weight excluding hydrogens is 202 g/mol. The van der Waals surface area contributed by atoms with Gasteiger partial charge in [0.1, 0.15) is 17.4 Å². The monoisotopic (exact) mass is 211 g/mol. The number of rotatable bonds is 1. The number of aryl methyl sites for hydroxylation is 1. The van der Waals surface area contributed by atoms with Gasteiger partial charge in [-0.25, -0.2) is 4.79 Å². The van der Waals surface area contributed by atoms with Gasteiger partial charge < -0.3 is 4.42 Å². The molecular formula is C13H9NO2. The number of nitriles is 1. The molecule has 16 heavy (non-hydrogen) atoms. The molecule has 0 saturated carbocycles. The molecule has 3 heteroatoms. The summed E-state index contributed by atoms with van der Waals surface area (Å²) in [6.45, 7) is 1.72. The third-order valence-corrected chi connectivity index (χ3v) is 2.32. The maximum Gasteiger partial charge on any atom is 0.354 e. The van der Waals surface area contributed by atoms with Crippen LogP contribution in [-0.4, -0.2) is 0 Å². The molecule has 0 saturated heterocycles. The highest BCUT2D eigenvalue weighted by Gasteiger charge is 2.08. The molecule has 1 heterocycles.